The summed E-state index contributed by atoms with van der Waals surface area (Å²) in [5.41, 5.74) is 0.315. The molecule has 0 atom stereocenters. The van der Waals surface area contributed by atoms with E-state index in [2.05, 4.69) is 10.6 Å². The van der Waals surface area contributed by atoms with Gasteiger partial charge in [0.25, 0.3) is 5.91 Å². The molecule has 0 radical (unpaired) electrons. The number of amides is 2. The van der Waals surface area contributed by atoms with E-state index >= 15 is 0 Å². The van der Waals surface area contributed by atoms with Crippen LogP contribution in [-0.4, -0.2) is 45.2 Å². The molecule has 1 heterocycles. The van der Waals surface area contributed by atoms with Crippen molar-refractivity contribution in [3.05, 3.63) is 48.4 Å². The summed E-state index contributed by atoms with van der Waals surface area (Å²) in [6.45, 7) is -0.274. The highest BCUT2D eigenvalue weighted by molar-refractivity contribution is 7.89. The minimum Gasteiger partial charge on any atom is -0.459 e. The molecule has 1 aromatic heterocycles. The highest BCUT2D eigenvalue weighted by Crippen LogP contribution is 2.17. The van der Waals surface area contributed by atoms with Crippen LogP contribution in [0.4, 0.5) is 5.69 Å². The largest absolute Gasteiger partial charge is 0.459 e. The number of benzene rings is 1. The molecular weight excluding hydrogens is 334 g/mol. The number of anilines is 1. The van der Waals surface area contributed by atoms with Gasteiger partial charge in [-0.3, -0.25) is 9.59 Å². The lowest BCUT2D eigenvalue weighted by Crippen LogP contribution is -2.32. The van der Waals surface area contributed by atoms with Crippen LogP contribution < -0.4 is 10.6 Å². The van der Waals surface area contributed by atoms with Crippen molar-refractivity contribution in [2.24, 2.45) is 0 Å². The van der Waals surface area contributed by atoms with Crippen LogP contribution in [0.5, 0.6) is 0 Å². The van der Waals surface area contributed by atoms with Gasteiger partial charge in [-0.15, -0.1) is 0 Å². The molecule has 128 valence electrons. The maximum atomic E-state index is 12.1. The third kappa shape index (κ3) is 4.21. The van der Waals surface area contributed by atoms with Gasteiger partial charge in [-0.1, -0.05) is 6.07 Å². The van der Waals surface area contributed by atoms with Gasteiger partial charge in [0, 0.05) is 19.8 Å². The van der Waals surface area contributed by atoms with Gasteiger partial charge in [0.2, 0.25) is 15.9 Å². The molecule has 9 heteroatoms. The van der Waals surface area contributed by atoms with Gasteiger partial charge in [-0.05, 0) is 30.3 Å². The molecule has 0 saturated heterocycles. The number of hydrogen-bond acceptors (Lipinski definition) is 5. The molecule has 0 saturated carbocycles. The van der Waals surface area contributed by atoms with Crippen LogP contribution in [0.3, 0.4) is 0 Å². The maximum Gasteiger partial charge on any atom is 0.287 e. The van der Waals surface area contributed by atoms with Crippen LogP contribution in [0.2, 0.25) is 0 Å². The summed E-state index contributed by atoms with van der Waals surface area (Å²) in [5.74, 6) is -0.907. The van der Waals surface area contributed by atoms with Gasteiger partial charge in [-0.25, -0.2) is 12.7 Å². The first-order valence-corrected chi connectivity index (χ1v) is 8.39. The third-order valence-corrected chi connectivity index (χ3v) is 4.86. The number of nitrogens with zero attached hydrogens (tertiary/aromatic N) is 1. The Labute approximate surface area is 139 Å². The Morgan fingerprint density at radius 2 is 1.92 bits per heavy atom. The molecular formula is C15H17N3O5S. The number of furan rings is 1. The van der Waals surface area contributed by atoms with Crippen molar-refractivity contribution in [3.8, 4) is 0 Å². The molecule has 8 nitrogen and oxygen atoms in total. The fraction of sp³-hybridized carbons (Fsp3) is 0.200. The lowest BCUT2D eigenvalue weighted by Gasteiger charge is -2.12. The van der Waals surface area contributed by atoms with Crippen LogP contribution in [0.25, 0.3) is 0 Å². The predicted molar refractivity (Wildman–Crippen MR) is 87.0 cm³/mol. The van der Waals surface area contributed by atoms with E-state index in [0.717, 1.165) is 4.31 Å². The lowest BCUT2D eigenvalue weighted by atomic mass is 10.3. The third-order valence-electron chi connectivity index (χ3n) is 3.05. The first-order chi connectivity index (χ1) is 11.3. The van der Waals surface area contributed by atoms with Crippen LogP contribution >= 0.6 is 0 Å². The molecule has 0 spiro atoms. The Hall–Kier alpha value is -2.65. The predicted octanol–water partition coefficient (Wildman–Crippen LogP) is 0.898. The maximum absolute atomic E-state index is 12.1. The zero-order valence-corrected chi connectivity index (χ0v) is 14.0. The van der Waals surface area contributed by atoms with E-state index in [9.17, 15) is 18.0 Å². The second kappa shape index (κ2) is 7.28. The van der Waals surface area contributed by atoms with E-state index in [4.69, 9.17) is 4.42 Å². The van der Waals surface area contributed by atoms with Crippen molar-refractivity contribution in [2.45, 2.75) is 4.90 Å². The van der Waals surface area contributed by atoms with E-state index < -0.39 is 21.8 Å². The van der Waals surface area contributed by atoms with Gasteiger partial charge in [-0.2, -0.15) is 0 Å². The fourth-order valence-electron chi connectivity index (χ4n) is 1.81. The van der Waals surface area contributed by atoms with E-state index in [1.165, 1.54) is 44.6 Å². The number of nitrogens with one attached hydrogen (secondary N) is 2. The second-order valence-corrected chi connectivity index (χ2v) is 7.18. The summed E-state index contributed by atoms with van der Waals surface area (Å²) in [6.07, 6.45) is 1.35. The zero-order chi connectivity index (χ0) is 17.7. The first kappa shape index (κ1) is 17.7. The van der Waals surface area contributed by atoms with Crippen LogP contribution in [-0.2, 0) is 14.8 Å². The van der Waals surface area contributed by atoms with E-state index in [-0.39, 0.29) is 17.2 Å². The topological polar surface area (TPSA) is 109 Å². The monoisotopic (exact) mass is 351 g/mol. The summed E-state index contributed by atoms with van der Waals surface area (Å²) >= 11 is 0. The molecule has 24 heavy (non-hydrogen) atoms. The number of sulfonamides is 1. The molecule has 0 unspecified atom stereocenters. The molecule has 0 aliphatic rings. The van der Waals surface area contributed by atoms with Gasteiger partial charge < -0.3 is 15.1 Å². The van der Waals surface area contributed by atoms with E-state index in [0.29, 0.717) is 5.69 Å². The van der Waals surface area contributed by atoms with E-state index in [1.807, 2.05) is 0 Å². The smallest absolute Gasteiger partial charge is 0.287 e. The molecule has 0 bridgehead atoms. The summed E-state index contributed by atoms with van der Waals surface area (Å²) < 4.78 is 30.1. The Kier molecular flexibility index (Phi) is 5.37. The lowest BCUT2D eigenvalue weighted by molar-refractivity contribution is -0.115. The molecule has 0 fully saturated rings. The Morgan fingerprint density at radius 1 is 1.17 bits per heavy atom. The van der Waals surface area contributed by atoms with Crippen LogP contribution in [0.1, 0.15) is 10.6 Å². The summed E-state index contributed by atoms with van der Waals surface area (Å²) in [7, 11) is -0.748. The quantitative estimate of drug-likeness (QED) is 0.804. The highest BCUT2D eigenvalue weighted by atomic mass is 32.2. The van der Waals surface area contributed by atoms with Crippen molar-refractivity contribution < 1.29 is 22.4 Å². The second-order valence-electron chi connectivity index (χ2n) is 5.02. The Bertz CT molecular complexity index is 829. The summed E-state index contributed by atoms with van der Waals surface area (Å²) in [5, 5.41) is 4.92. The van der Waals surface area contributed by atoms with Crippen LogP contribution in [0, 0.1) is 0 Å². The average Bonchev–Trinajstić information content (AvgIpc) is 3.07. The van der Waals surface area contributed by atoms with Gasteiger partial charge >= 0.3 is 0 Å². The Morgan fingerprint density at radius 3 is 2.54 bits per heavy atom. The minimum atomic E-state index is -3.59. The zero-order valence-electron chi connectivity index (χ0n) is 13.1. The number of carbonyl (C=O) groups is 2. The molecule has 2 N–H and O–H groups in total. The van der Waals surface area contributed by atoms with Gasteiger partial charge in [0.1, 0.15) is 0 Å². The average molecular weight is 351 g/mol. The first-order valence-electron chi connectivity index (χ1n) is 6.95. The van der Waals surface area contributed by atoms with Crippen molar-refractivity contribution in [2.75, 3.05) is 26.0 Å². The van der Waals surface area contributed by atoms with Crippen molar-refractivity contribution in [3.63, 3.8) is 0 Å². The number of carbonyl (C=O) groups excluding carboxylic acids is 2. The summed E-state index contributed by atoms with van der Waals surface area (Å²) in [4.78, 5) is 23.6. The molecule has 0 aliphatic carbocycles. The normalized spacial score (nSPS) is 11.3. The van der Waals surface area contributed by atoms with Crippen LogP contribution in [0.15, 0.2) is 52.0 Å². The Balaban J connectivity index is 1.98. The standard InChI is InChI=1S/C15H17N3O5S/c1-18(2)24(21,22)12-6-3-5-11(9-12)17-14(19)10-16-15(20)13-7-4-8-23-13/h3-9H,10H2,1-2H3,(H,16,20)(H,17,19). The molecule has 1 aromatic carbocycles. The van der Waals surface area contributed by atoms with E-state index in [1.54, 1.807) is 12.1 Å². The SMILES string of the molecule is CN(C)S(=O)(=O)c1cccc(NC(=O)CNC(=O)c2ccco2)c1. The number of hydrogen-bond donors (Lipinski definition) is 2. The highest BCUT2D eigenvalue weighted by Gasteiger charge is 2.17. The van der Waals surface area contributed by atoms with Gasteiger partial charge in [0.15, 0.2) is 5.76 Å². The molecule has 2 amide bonds. The molecule has 2 rings (SSSR count). The molecule has 2 aromatic rings. The van der Waals surface area contributed by atoms with Gasteiger partial charge in [0.05, 0.1) is 17.7 Å². The van der Waals surface area contributed by atoms with Crippen molar-refractivity contribution in [1.82, 2.24) is 9.62 Å². The fourth-order valence-corrected chi connectivity index (χ4v) is 2.75. The number of rotatable bonds is 6. The minimum absolute atomic E-state index is 0.0601. The van der Waals surface area contributed by atoms with Crippen molar-refractivity contribution >= 4 is 27.5 Å². The summed E-state index contributed by atoms with van der Waals surface area (Å²) in [6, 6.07) is 8.90. The van der Waals surface area contributed by atoms with Crippen molar-refractivity contribution in [1.29, 1.82) is 0 Å². The molecule has 0 aliphatic heterocycles.